The molecule has 0 N–H and O–H groups in total. The Morgan fingerprint density at radius 3 is 1.10 bits per heavy atom. The molecule has 2 atom stereocenters. The van der Waals surface area contributed by atoms with Gasteiger partial charge in [0.05, 0.1) is 92.1 Å². The van der Waals surface area contributed by atoms with E-state index in [-0.39, 0.29) is 11.8 Å². The van der Waals surface area contributed by atoms with Crippen LogP contribution in [-0.2, 0) is 33.1 Å². The fourth-order valence-electron chi connectivity index (χ4n) is 9.09. The van der Waals surface area contributed by atoms with Crippen molar-refractivity contribution in [2.75, 3.05) is 123 Å². The first-order valence-electron chi connectivity index (χ1n) is 25.2. The summed E-state index contributed by atoms with van der Waals surface area (Å²) in [5.41, 5.74) is 2.95. The minimum atomic E-state index is -0.632. The third kappa shape index (κ3) is 16.3. The number of likely N-dealkylation sites (N-methyl/N-ethyl adjacent to an activating group) is 2. The molecule has 14 nitrogen and oxygen atoms in total. The van der Waals surface area contributed by atoms with E-state index in [4.69, 9.17) is 47.4 Å². The molecule has 394 valence electrons. The number of ether oxygens (including phenoxy) is 10. The van der Waals surface area contributed by atoms with Crippen LogP contribution in [0, 0.1) is 34.5 Å². The molecular formula is C58H82N4O10. The van der Waals surface area contributed by atoms with Crippen LogP contribution in [0.15, 0.2) is 72.8 Å². The molecule has 0 aromatic heterocycles. The number of hydrogen-bond donors (Lipinski definition) is 0. The number of nitriles is 2. The van der Waals surface area contributed by atoms with Gasteiger partial charge in [-0.3, -0.25) is 0 Å². The monoisotopic (exact) mass is 995 g/mol. The third-order valence-corrected chi connectivity index (χ3v) is 13.8. The summed E-state index contributed by atoms with van der Waals surface area (Å²) in [5, 5.41) is 20.9. The minimum absolute atomic E-state index is 0.121. The Bertz CT molecular complexity index is 2170. The lowest BCUT2D eigenvalue weighted by molar-refractivity contribution is 0.0269. The molecule has 2 unspecified atom stereocenters. The molecule has 4 aromatic carbocycles. The van der Waals surface area contributed by atoms with Crippen LogP contribution in [0.5, 0.6) is 46.0 Å². The van der Waals surface area contributed by atoms with Crippen molar-refractivity contribution in [2.45, 2.75) is 77.0 Å². The summed E-state index contributed by atoms with van der Waals surface area (Å²) in [4.78, 5) is 4.62. The average molecular weight is 995 g/mol. The van der Waals surface area contributed by atoms with Crippen LogP contribution in [-0.4, -0.2) is 132 Å². The number of benzene rings is 4. The van der Waals surface area contributed by atoms with Crippen LogP contribution in [0.2, 0.25) is 0 Å². The van der Waals surface area contributed by atoms with Crippen LogP contribution < -0.4 is 37.9 Å². The lowest BCUT2D eigenvalue weighted by Crippen LogP contribution is -2.32. The zero-order valence-corrected chi connectivity index (χ0v) is 45.3. The van der Waals surface area contributed by atoms with Crippen LogP contribution in [0.4, 0.5) is 0 Å². The lowest BCUT2D eigenvalue weighted by Gasteiger charge is -2.32. The standard InChI is InChI=1S/C58H82N4O10/c1-43(2)57(41-59,47-17-21-49(63-7)55(39-47)67-11)25-13-27-61(5)29-23-45-15-19-51(53(37-45)65-9)71-35-33-69-31-32-70-34-36-72-52-20-16-46(38-54(52)66-10)24-30-62(6)28-14-26-58(42-60,44(3)4)48-18-22-50(64-8)56(40-48)68-12/h15-22,37-40,43-44H,13-14,23-36H2,1-12H3. The number of hydrogen-bond acceptors (Lipinski definition) is 14. The number of methoxy groups -OCH3 is 6. The van der Waals surface area contributed by atoms with Crippen molar-refractivity contribution in [3.05, 3.63) is 95.1 Å². The van der Waals surface area contributed by atoms with E-state index in [2.05, 4.69) is 75.9 Å². The molecule has 0 saturated heterocycles. The SMILES string of the molecule is COc1ccc(C(C#N)(CCCN(C)CCc2ccc(OCCOCCOCCOc3ccc(CCN(C)CCCC(C#N)(c4ccc(OC)c(OC)c4)C(C)C)cc3OC)c(OC)c2)C(C)C)cc1OC. The molecule has 0 aliphatic rings. The van der Waals surface area contributed by atoms with Crippen LogP contribution in [0.3, 0.4) is 0 Å². The highest BCUT2D eigenvalue weighted by atomic mass is 16.6. The Balaban J connectivity index is 1.10. The number of rotatable bonds is 35. The third-order valence-electron chi connectivity index (χ3n) is 13.8. The highest BCUT2D eigenvalue weighted by Gasteiger charge is 2.37. The molecule has 72 heavy (non-hydrogen) atoms. The molecule has 0 fully saturated rings. The molecule has 0 radical (unpaired) electrons. The minimum Gasteiger partial charge on any atom is -0.493 e. The highest BCUT2D eigenvalue weighted by Crippen LogP contribution is 2.42. The number of nitrogens with zero attached hydrogens (tertiary/aromatic N) is 4. The van der Waals surface area contributed by atoms with Gasteiger partial charge in [-0.25, -0.2) is 0 Å². The highest BCUT2D eigenvalue weighted by molar-refractivity contribution is 5.49. The fourth-order valence-corrected chi connectivity index (χ4v) is 9.09. The van der Waals surface area contributed by atoms with Crippen LogP contribution in [0.25, 0.3) is 0 Å². The quantitative estimate of drug-likeness (QED) is 0.0403. The molecule has 0 bridgehead atoms. The van der Waals surface area contributed by atoms with Gasteiger partial charge in [-0.2, -0.15) is 10.5 Å². The second-order valence-corrected chi connectivity index (χ2v) is 18.8. The molecule has 0 saturated carbocycles. The summed E-state index contributed by atoms with van der Waals surface area (Å²) in [6.07, 6.45) is 4.92. The van der Waals surface area contributed by atoms with Crippen LogP contribution >= 0.6 is 0 Å². The van der Waals surface area contributed by atoms with Crippen molar-refractivity contribution in [3.8, 4) is 58.1 Å². The Morgan fingerprint density at radius 1 is 0.431 bits per heavy atom. The first kappa shape index (κ1) is 58.7. The zero-order chi connectivity index (χ0) is 52.5. The molecule has 0 spiro atoms. The van der Waals surface area contributed by atoms with E-state index in [1.54, 1.807) is 42.7 Å². The van der Waals surface area contributed by atoms with Gasteiger partial charge >= 0.3 is 0 Å². The van der Waals surface area contributed by atoms with Gasteiger partial charge in [0.15, 0.2) is 46.0 Å². The topological polar surface area (TPSA) is 146 Å². The maximum atomic E-state index is 10.5. The van der Waals surface area contributed by atoms with Gasteiger partial charge < -0.3 is 57.2 Å². The van der Waals surface area contributed by atoms with E-state index in [9.17, 15) is 10.5 Å². The van der Waals surface area contributed by atoms with Gasteiger partial charge in [-0.05, 0) is 148 Å². The van der Waals surface area contributed by atoms with Gasteiger partial charge in [-0.1, -0.05) is 52.0 Å². The van der Waals surface area contributed by atoms with E-state index in [0.717, 1.165) is 87.0 Å². The van der Waals surface area contributed by atoms with E-state index in [0.29, 0.717) is 85.6 Å². The van der Waals surface area contributed by atoms with Gasteiger partial charge in [0.1, 0.15) is 13.2 Å². The molecule has 0 heterocycles. The molecule has 0 amide bonds. The second-order valence-electron chi connectivity index (χ2n) is 18.8. The lowest BCUT2D eigenvalue weighted by atomic mass is 9.69. The molecule has 4 aromatic rings. The fraction of sp³-hybridized carbons (Fsp3) is 0.552. The van der Waals surface area contributed by atoms with Gasteiger partial charge in [0.25, 0.3) is 0 Å². The molecule has 4 rings (SSSR count). The largest absolute Gasteiger partial charge is 0.493 e. The maximum absolute atomic E-state index is 10.5. The van der Waals surface area contributed by atoms with Crippen molar-refractivity contribution in [2.24, 2.45) is 11.8 Å². The van der Waals surface area contributed by atoms with Crippen molar-refractivity contribution < 1.29 is 47.4 Å². The van der Waals surface area contributed by atoms with E-state index >= 15 is 0 Å². The van der Waals surface area contributed by atoms with Gasteiger partial charge in [0.2, 0.25) is 0 Å². The average Bonchev–Trinajstić information content (AvgIpc) is 3.40. The Labute approximate surface area is 430 Å². The van der Waals surface area contributed by atoms with Crippen molar-refractivity contribution in [3.63, 3.8) is 0 Å². The summed E-state index contributed by atoms with van der Waals surface area (Å²) >= 11 is 0. The van der Waals surface area contributed by atoms with Crippen molar-refractivity contribution in [1.29, 1.82) is 10.5 Å². The van der Waals surface area contributed by atoms with Gasteiger partial charge in [0, 0.05) is 13.1 Å². The Hall–Kier alpha value is -5.90. The Kier molecular flexibility index (Phi) is 24.6. The van der Waals surface area contributed by atoms with Crippen LogP contribution in [0.1, 0.15) is 75.6 Å². The molecule has 0 aliphatic heterocycles. The van der Waals surface area contributed by atoms with E-state index in [1.165, 1.54) is 0 Å². The second kappa shape index (κ2) is 30.2. The summed E-state index contributed by atoms with van der Waals surface area (Å²) in [6, 6.07) is 29.1. The van der Waals surface area contributed by atoms with Gasteiger partial charge in [-0.15, -0.1) is 0 Å². The van der Waals surface area contributed by atoms with E-state index in [1.807, 2.05) is 60.7 Å². The zero-order valence-electron chi connectivity index (χ0n) is 45.3. The predicted molar refractivity (Wildman–Crippen MR) is 283 cm³/mol. The first-order valence-corrected chi connectivity index (χ1v) is 25.2. The van der Waals surface area contributed by atoms with Crippen molar-refractivity contribution >= 4 is 0 Å². The normalized spacial score (nSPS) is 13.0. The molecule has 14 heteroatoms. The summed E-state index contributed by atoms with van der Waals surface area (Å²) in [6.45, 7) is 14.3. The summed E-state index contributed by atoms with van der Waals surface area (Å²) in [5.74, 6) is 5.53. The van der Waals surface area contributed by atoms with Crippen molar-refractivity contribution in [1.82, 2.24) is 9.80 Å². The predicted octanol–water partition coefficient (Wildman–Crippen LogP) is 9.97. The smallest absolute Gasteiger partial charge is 0.161 e. The van der Waals surface area contributed by atoms with E-state index < -0.39 is 10.8 Å². The molecular weight excluding hydrogens is 913 g/mol. The summed E-state index contributed by atoms with van der Waals surface area (Å²) in [7, 11) is 14.0. The Morgan fingerprint density at radius 2 is 0.764 bits per heavy atom. The first-order chi connectivity index (χ1) is 34.8. The maximum Gasteiger partial charge on any atom is 0.161 e. The molecule has 0 aliphatic carbocycles. The summed E-state index contributed by atoms with van der Waals surface area (Å²) < 4.78 is 56.9.